The van der Waals surface area contributed by atoms with Crippen molar-refractivity contribution >= 4 is 27.6 Å². The van der Waals surface area contributed by atoms with Gasteiger partial charge < -0.3 is 5.11 Å². The van der Waals surface area contributed by atoms with E-state index in [1.807, 2.05) is 6.92 Å². The molecule has 1 atom stereocenters. The molecule has 0 aliphatic carbocycles. The van der Waals surface area contributed by atoms with E-state index in [-0.39, 0.29) is 23.0 Å². The molecule has 0 radical (unpaired) electrons. The van der Waals surface area contributed by atoms with Gasteiger partial charge in [-0.25, -0.2) is 13.4 Å². The molecule has 0 bridgehead atoms. The Morgan fingerprint density at radius 1 is 1.57 bits per heavy atom. The molecule has 0 amide bonds. The number of hydrogen-bond acceptors (Lipinski definition) is 4. The molecule has 2 heterocycles. The lowest BCUT2D eigenvalue weighted by molar-refractivity contribution is -0.147. The predicted molar refractivity (Wildman–Crippen MR) is 77.6 cm³/mol. The van der Waals surface area contributed by atoms with Crippen LogP contribution in [-0.2, 0) is 14.8 Å². The molecule has 1 aromatic heterocycles. The quantitative estimate of drug-likeness (QED) is 0.835. The van der Waals surface area contributed by atoms with Gasteiger partial charge >= 0.3 is 5.97 Å². The van der Waals surface area contributed by atoms with Crippen molar-refractivity contribution in [1.82, 2.24) is 9.29 Å². The van der Waals surface area contributed by atoms with Crippen LogP contribution in [0.1, 0.15) is 32.6 Å². The number of nitrogens with zero attached hydrogens (tertiary/aromatic N) is 2. The minimum atomic E-state index is -3.99. The number of carboxylic acids is 1. The van der Waals surface area contributed by atoms with E-state index < -0.39 is 21.5 Å². The summed E-state index contributed by atoms with van der Waals surface area (Å²) in [5.74, 6) is -1.11. The lowest BCUT2D eigenvalue weighted by Crippen LogP contribution is -2.52. The van der Waals surface area contributed by atoms with E-state index in [0.29, 0.717) is 19.3 Å². The van der Waals surface area contributed by atoms with Crippen LogP contribution < -0.4 is 0 Å². The molecule has 1 unspecified atom stereocenters. The molecule has 0 saturated carbocycles. The number of carbonyl (C=O) groups is 1. The average molecular weight is 333 g/mol. The largest absolute Gasteiger partial charge is 0.480 e. The smallest absolute Gasteiger partial charge is 0.325 e. The van der Waals surface area contributed by atoms with Crippen molar-refractivity contribution in [3.8, 4) is 0 Å². The average Bonchev–Trinajstić information content (AvgIpc) is 2.85. The third kappa shape index (κ3) is 2.65. The lowest BCUT2D eigenvalue weighted by Gasteiger charge is -2.33. The third-order valence-corrected chi connectivity index (χ3v) is 6.19. The molecule has 1 aromatic rings. The summed E-state index contributed by atoms with van der Waals surface area (Å²) in [4.78, 5) is 15.4. The molecule has 6 nitrogen and oxygen atoms in total. The summed E-state index contributed by atoms with van der Waals surface area (Å²) in [6.45, 7) is 2.02. The van der Waals surface area contributed by atoms with Gasteiger partial charge in [-0.1, -0.05) is 24.9 Å². The monoisotopic (exact) mass is 332 g/mol. The molecule has 8 heteroatoms. The molecule has 2 rings (SSSR count). The van der Waals surface area contributed by atoms with E-state index in [2.05, 4.69) is 4.98 Å². The standard InChI is InChI=1S/C13H17ClN2O4S/c1-2-6-13(12(17)18)7-4-9-16(13)21(19,20)10-5-3-8-15-11(10)14/h3,5,8H,2,4,6-7,9H2,1H3,(H,17,18). The molecule has 116 valence electrons. The molecule has 1 saturated heterocycles. The Labute approximate surface area is 128 Å². The Kier molecular flexibility index (Phi) is 4.55. The number of pyridine rings is 1. The number of aromatic nitrogens is 1. The van der Waals surface area contributed by atoms with E-state index in [1.54, 1.807) is 0 Å². The van der Waals surface area contributed by atoms with Crippen LogP contribution in [0.3, 0.4) is 0 Å². The number of sulfonamides is 1. The van der Waals surface area contributed by atoms with Gasteiger partial charge in [0.25, 0.3) is 0 Å². The van der Waals surface area contributed by atoms with Crippen LogP contribution in [0.25, 0.3) is 0 Å². The Morgan fingerprint density at radius 2 is 2.29 bits per heavy atom. The molecule has 1 fully saturated rings. The number of hydrogen-bond donors (Lipinski definition) is 1. The maximum absolute atomic E-state index is 12.8. The van der Waals surface area contributed by atoms with Crippen molar-refractivity contribution in [2.75, 3.05) is 6.54 Å². The second-order valence-electron chi connectivity index (χ2n) is 5.06. The first-order valence-electron chi connectivity index (χ1n) is 6.73. The fraction of sp³-hybridized carbons (Fsp3) is 0.538. The van der Waals surface area contributed by atoms with Crippen LogP contribution in [-0.4, -0.2) is 40.9 Å². The molecule has 0 spiro atoms. The zero-order chi connectivity index (χ0) is 15.7. The fourth-order valence-electron chi connectivity index (χ4n) is 2.87. The van der Waals surface area contributed by atoms with Crippen molar-refractivity contribution in [2.45, 2.75) is 43.0 Å². The van der Waals surface area contributed by atoms with E-state index in [4.69, 9.17) is 11.6 Å². The fourth-order valence-corrected chi connectivity index (χ4v) is 5.13. The van der Waals surface area contributed by atoms with Gasteiger partial charge in [0, 0.05) is 12.7 Å². The van der Waals surface area contributed by atoms with Crippen molar-refractivity contribution in [3.05, 3.63) is 23.5 Å². The predicted octanol–water partition coefficient (Wildman–Crippen LogP) is 2.14. The molecule has 21 heavy (non-hydrogen) atoms. The highest BCUT2D eigenvalue weighted by Crippen LogP contribution is 2.39. The SMILES string of the molecule is CCCC1(C(=O)O)CCCN1S(=O)(=O)c1cccnc1Cl. The van der Waals surface area contributed by atoms with Crippen LogP contribution >= 0.6 is 11.6 Å². The first kappa shape index (κ1) is 16.2. The van der Waals surface area contributed by atoms with Gasteiger partial charge in [-0.2, -0.15) is 4.31 Å². The zero-order valence-corrected chi connectivity index (χ0v) is 13.2. The Bertz CT molecular complexity index is 649. The van der Waals surface area contributed by atoms with Crippen LogP contribution in [0.15, 0.2) is 23.2 Å². The zero-order valence-electron chi connectivity index (χ0n) is 11.6. The maximum Gasteiger partial charge on any atom is 0.325 e. The summed E-state index contributed by atoms with van der Waals surface area (Å²) in [6, 6.07) is 2.82. The molecule has 1 aliphatic heterocycles. The van der Waals surface area contributed by atoms with Crippen molar-refractivity contribution in [2.24, 2.45) is 0 Å². The second kappa shape index (κ2) is 5.90. The van der Waals surface area contributed by atoms with Gasteiger partial charge in [0.15, 0.2) is 0 Å². The van der Waals surface area contributed by atoms with Crippen molar-refractivity contribution in [3.63, 3.8) is 0 Å². The first-order chi connectivity index (χ1) is 9.86. The van der Waals surface area contributed by atoms with Crippen LogP contribution in [0, 0.1) is 0 Å². The van der Waals surface area contributed by atoms with E-state index in [0.717, 1.165) is 4.31 Å². The number of aliphatic carboxylic acids is 1. The van der Waals surface area contributed by atoms with Gasteiger partial charge in [0.1, 0.15) is 15.6 Å². The summed E-state index contributed by atoms with van der Waals surface area (Å²) < 4.78 is 26.7. The Morgan fingerprint density at radius 3 is 2.86 bits per heavy atom. The van der Waals surface area contributed by atoms with Crippen molar-refractivity contribution in [1.29, 1.82) is 0 Å². The van der Waals surface area contributed by atoms with Gasteiger partial charge in [0.05, 0.1) is 0 Å². The normalized spacial score (nSPS) is 23.3. The highest BCUT2D eigenvalue weighted by Gasteiger charge is 2.52. The maximum atomic E-state index is 12.8. The first-order valence-corrected chi connectivity index (χ1v) is 8.55. The second-order valence-corrected chi connectivity index (χ2v) is 7.25. The van der Waals surface area contributed by atoms with E-state index in [9.17, 15) is 18.3 Å². The number of carboxylic acid groups (broad SMARTS) is 1. The summed E-state index contributed by atoms with van der Waals surface area (Å²) in [5, 5.41) is 9.45. The topological polar surface area (TPSA) is 87.6 Å². The number of rotatable bonds is 5. The Balaban J connectivity index is 2.53. The van der Waals surface area contributed by atoms with E-state index >= 15 is 0 Å². The highest BCUT2D eigenvalue weighted by molar-refractivity contribution is 7.89. The number of halogens is 1. The summed E-state index contributed by atoms with van der Waals surface area (Å²) in [5.41, 5.74) is -1.38. The lowest BCUT2D eigenvalue weighted by atomic mass is 9.92. The molecule has 1 N–H and O–H groups in total. The Hall–Kier alpha value is -1.18. The molecular formula is C13H17ClN2O4S. The van der Waals surface area contributed by atoms with Gasteiger partial charge in [-0.15, -0.1) is 0 Å². The summed E-state index contributed by atoms with van der Waals surface area (Å²) >= 11 is 5.87. The third-order valence-electron chi connectivity index (χ3n) is 3.78. The highest BCUT2D eigenvalue weighted by atomic mass is 35.5. The van der Waals surface area contributed by atoms with Gasteiger partial charge in [-0.05, 0) is 31.4 Å². The van der Waals surface area contributed by atoms with Gasteiger partial charge in [0.2, 0.25) is 10.0 Å². The van der Waals surface area contributed by atoms with E-state index in [1.165, 1.54) is 18.3 Å². The minimum Gasteiger partial charge on any atom is -0.480 e. The summed E-state index contributed by atoms with van der Waals surface area (Å²) in [7, 11) is -3.99. The van der Waals surface area contributed by atoms with Crippen LogP contribution in [0.4, 0.5) is 0 Å². The summed E-state index contributed by atoms with van der Waals surface area (Å²) in [6.07, 6.45) is 3.08. The van der Waals surface area contributed by atoms with Crippen LogP contribution in [0.5, 0.6) is 0 Å². The molecular weight excluding hydrogens is 316 g/mol. The minimum absolute atomic E-state index is 0.139. The van der Waals surface area contributed by atoms with Crippen molar-refractivity contribution < 1.29 is 18.3 Å². The molecule has 1 aliphatic rings. The van der Waals surface area contributed by atoms with Gasteiger partial charge in [-0.3, -0.25) is 4.79 Å². The molecule has 0 aromatic carbocycles. The van der Waals surface area contributed by atoms with Crippen LogP contribution in [0.2, 0.25) is 5.15 Å².